The number of benzene rings is 1. The van der Waals surface area contributed by atoms with Gasteiger partial charge in [0, 0.05) is 0 Å². The van der Waals surface area contributed by atoms with Crippen molar-refractivity contribution in [2.24, 2.45) is 0 Å². The number of amides is 1. The van der Waals surface area contributed by atoms with Gasteiger partial charge in [0.2, 0.25) is 0 Å². The molecule has 0 saturated heterocycles. The van der Waals surface area contributed by atoms with Gasteiger partial charge in [-0.25, -0.2) is 10.2 Å². The molecule has 1 amide bonds. The van der Waals surface area contributed by atoms with Crippen LogP contribution in [-0.2, 0) is 0 Å². The number of hydrogen-bond acceptors (Lipinski definition) is 2. The summed E-state index contributed by atoms with van der Waals surface area (Å²) < 4.78 is 0. The zero-order valence-electron chi connectivity index (χ0n) is 7.59. The van der Waals surface area contributed by atoms with Crippen LogP contribution >= 0.6 is 0 Å². The van der Waals surface area contributed by atoms with Gasteiger partial charge in [0.15, 0.2) is 0 Å². The second-order valence-corrected chi connectivity index (χ2v) is 2.87. The summed E-state index contributed by atoms with van der Waals surface area (Å²) in [7, 11) is 0. The molecular formula is C9H12N2O2. The fourth-order valence-corrected chi connectivity index (χ4v) is 1.07. The van der Waals surface area contributed by atoms with Crippen LogP contribution < -0.4 is 10.9 Å². The van der Waals surface area contributed by atoms with Crippen molar-refractivity contribution in [2.45, 2.75) is 13.8 Å². The molecule has 0 atom stereocenters. The molecular weight excluding hydrogens is 168 g/mol. The highest BCUT2D eigenvalue weighted by molar-refractivity contribution is 5.67. The van der Waals surface area contributed by atoms with Gasteiger partial charge < -0.3 is 5.11 Å². The predicted octanol–water partition coefficient (Wildman–Crippen LogP) is 1.90. The summed E-state index contributed by atoms with van der Waals surface area (Å²) >= 11 is 0. The lowest BCUT2D eigenvalue weighted by molar-refractivity contribution is 0.197. The minimum absolute atomic E-state index is 0.771. The molecule has 1 aromatic rings. The number of hydrogen-bond donors (Lipinski definition) is 3. The highest BCUT2D eigenvalue weighted by Crippen LogP contribution is 2.14. The second kappa shape index (κ2) is 3.80. The molecule has 0 aromatic heterocycles. The van der Waals surface area contributed by atoms with E-state index in [2.05, 4.69) is 10.9 Å². The number of aryl methyl sites for hydroxylation is 2. The minimum Gasteiger partial charge on any atom is -0.464 e. The largest absolute Gasteiger partial charge is 0.464 e. The van der Waals surface area contributed by atoms with Crippen LogP contribution in [0.5, 0.6) is 0 Å². The van der Waals surface area contributed by atoms with Crippen molar-refractivity contribution < 1.29 is 9.90 Å². The lowest BCUT2D eigenvalue weighted by Crippen LogP contribution is -2.27. The highest BCUT2D eigenvalue weighted by Gasteiger charge is 1.98. The Morgan fingerprint density at radius 3 is 2.62 bits per heavy atom. The van der Waals surface area contributed by atoms with Crippen molar-refractivity contribution >= 4 is 11.8 Å². The summed E-state index contributed by atoms with van der Waals surface area (Å²) in [5.74, 6) is 0. The predicted molar refractivity (Wildman–Crippen MR) is 50.7 cm³/mol. The lowest BCUT2D eigenvalue weighted by Gasteiger charge is -2.08. The molecule has 3 N–H and O–H groups in total. The van der Waals surface area contributed by atoms with E-state index < -0.39 is 6.09 Å². The number of rotatable bonds is 2. The van der Waals surface area contributed by atoms with E-state index >= 15 is 0 Å². The molecule has 13 heavy (non-hydrogen) atoms. The molecule has 0 spiro atoms. The third kappa shape index (κ3) is 2.66. The first-order valence-electron chi connectivity index (χ1n) is 3.92. The Morgan fingerprint density at radius 1 is 1.38 bits per heavy atom. The monoisotopic (exact) mass is 180 g/mol. The Labute approximate surface area is 76.6 Å². The molecule has 1 rings (SSSR count). The van der Waals surface area contributed by atoms with Gasteiger partial charge in [0.25, 0.3) is 0 Å². The molecule has 70 valence electrons. The Morgan fingerprint density at radius 2 is 2.08 bits per heavy atom. The van der Waals surface area contributed by atoms with Crippen LogP contribution in [0.25, 0.3) is 0 Å². The Bertz CT molecular complexity index is 323. The Kier molecular flexibility index (Phi) is 2.74. The summed E-state index contributed by atoms with van der Waals surface area (Å²) in [5.41, 5.74) is 7.61. The van der Waals surface area contributed by atoms with Crippen molar-refractivity contribution in [3.05, 3.63) is 29.3 Å². The first kappa shape index (κ1) is 9.38. The van der Waals surface area contributed by atoms with Gasteiger partial charge in [-0.15, -0.1) is 0 Å². The van der Waals surface area contributed by atoms with Crippen molar-refractivity contribution in [1.82, 2.24) is 5.43 Å². The molecule has 1 aromatic carbocycles. The number of carbonyl (C=O) groups is 1. The topological polar surface area (TPSA) is 61.4 Å². The molecule has 4 nitrogen and oxygen atoms in total. The maximum absolute atomic E-state index is 10.2. The van der Waals surface area contributed by atoms with Crippen LogP contribution in [0.15, 0.2) is 18.2 Å². The van der Waals surface area contributed by atoms with E-state index in [0.717, 1.165) is 16.8 Å². The van der Waals surface area contributed by atoms with Crippen LogP contribution in [0.1, 0.15) is 11.1 Å². The van der Waals surface area contributed by atoms with E-state index in [1.54, 1.807) is 0 Å². The molecule has 0 unspecified atom stereocenters. The lowest BCUT2D eigenvalue weighted by atomic mass is 10.1. The third-order valence-electron chi connectivity index (χ3n) is 1.69. The van der Waals surface area contributed by atoms with Crippen LogP contribution in [0.3, 0.4) is 0 Å². The molecule has 0 radical (unpaired) electrons. The molecule has 0 aliphatic carbocycles. The normalized spacial score (nSPS) is 9.38. The van der Waals surface area contributed by atoms with Crippen molar-refractivity contribution in [3.63, 3.8) is 0 Å². The van der Waals surface area contributed by atoms with Gasteiger partial charge >= 0.3 is 6.09 Å². The Hall–Kier alpha value is -1.71. The number of nitrogens with one attached hydrogen (secondary N) is 2. The van der Waals surface area contributed by atoms with Gasteiger partial charge in [-0.05, 0) is 25.5 Å². The highest BCUT2D eigenvalue weighted by atomic mass is 16.4. The maximum atomic E-state index is 10.2. The standard InChI is InChI=1S/C9H12N2O2/c1-6-3-4-8(7(2)5-6)10-11-9(12)13/h3-5,10-11H,1-2H3,(H,12,13). The van der Waals surface area contributed by atoms with E-state index in [9.17, 15) is 4.79 Å². The average molecular weight is 180 g/mol. The van der Waals surface area contributed by atoms with Gasteiger partial charge in [0.1, 0.15) is 0 Å². The summed E-state index contributed by atoms with van der Waals surface area (Å²) in [6.45, 7) is 3.90. The van der Waals surface area contributed by atoms with Gasteiger partial charge in [-0.1, -0.05) is 17.7 Å². The van der Waals surface area contributed by atoms with Crippen LogP contribution in [0, 0.1) is 13.8 Å². The molecule has 4 heteroatoms. The van der Waals surface area contributed by atoms with E-state index in [-0.39, 0.29) is 0 Å². The van der Waals surface area contributed by atoms with E-state index in [0.29, 0.717) is 0 Å². The molecule has 0 aliphatic heterocycles. The van der Waals surface area contributed by atoms with Gasteiger partial charge in [-0.2, -0.15) is 0 Å². The van der Waals surface area contributed by atoms with E-state index in [1.807, 2.05) is 32.0 Å². The maximum Gasteiger partial charge on any atom is 0.423 e. The molecule has 0 heterocycles. The number of hydrazine groups is 1. The zero-order valence-corrected chi connectivity index (χ0v) is 7.59. The van der Waals surface area contributed by atoms with Crippen LogP contribution in [0.2, 0.25) is 0 Å². The van der Waals surface area contributed by atoms with Crippen LogP contribution in [0.4, 0.5) is 10.5 Å². The smallest absolute Gasteiger partial charge is 0.423 e. The summed E-state index contributed by atoms with van der Waals surface area (Å²) in [6, 6.07) is 5.73. The van der Waals surface area contributed by atoms with Gasteiger partial charge in [0.05, 0.1) is 5.69 Å². The SMILES string of the molecule is Cc1ccc(NNC(=O)O)c(C)c1. The first-order chi connectivity index (χ1) is 6.09. The average Bonchev–Trinajstić information content (AvgIpc) is 2.02. The number of carboxylic acid groups (broad SMARTS) is 1. The van der Waals surface area contributed by atoms with Crippen LogP contribution in [-0.4, -0.2) is 11.2 Å². The summed E-state index contributed by atoms with van der Waals surface area (Å²) in [6.07, 6.45) is -1.10. The fourth-order valence-electron chi connectivity index (χ4n) is 1.07. The van der Waals surface area contributed by atoms with E-state index in [1.165, 1.54) is 0 Å². The quantitative estimate of drug-likeness (QED) is 0.609. The van der Waals surface area contributed by atoms with Crippen molar-refractivity contribution in [1.29, 1.82) is 0 Å². The van der Waals surface area contributed by atoms with Crippen molar-refractivity contribution in [3.8, 4) is 0 Å². The zero-order chi connectivity index (χ0) is 9.84. The van der Waals surface area contributed by atoms with Crippen molar-refractivity contribution in [2.75, 3.05) is 5.43 Å². The summed E-state index contributed by atoms with van der Waals surface area (Å²) in [4.78, 5) is 10.2. The molecule has 0 bridgehead atoms. The first-order valence-corrected chi connectivity index (χ1v) is 3.92. The summed E-state index contributed by atoms with van der Waals surface area (Å²) in [5, 5.41) is 8.35. The van der Waals surface area contributed by atoms with Gasteiger partial charge in [-0.3, -0.25) is 5.43 Å². The fraction of sp³-hybridized carbons (Fsp3) is 0.222. The minimum atomic E-state index is -1.10. The molecule has 0 saturated carbocycles. The molecule has 0 aliphatic rings. The third-order valence-corrected chi connectivity index (χ3v) is 1.69. The van der Waals surface area contributed by atoms with E-state index in [4.69, 9.17) is 5.11 Å². The Balaban J connectivity index is 2.72. The number of anilines is 1. The second-order valence-electron chi connectivity index (χ2n) is 2.87. The molecule has 0 fully saturated rings.